The van der Waals surface area contributed by atoms with E-state index in [4.69, 9.17) is 4.74 Å². The quantitative estimate of drug-likeness (QED) is 0.806. The third kappa shape index (κ3) is 4.62. The lowest BCUT2D eigenvalue weighted by molar-refractivity contribution is -0.122. The molecule has 1 aromatic heterocycles. The van der Waals surface area contributed by atoms with Crippen molar-refractivity contribution in [3.05, 3.63) is 24.3 Å². The van der Waals surface area contributed by atoms with Crippen molar-refractivity contribution < 1.29 is 13.9 Å². The fourth-order valence-corrected chi connectivity index (χ4v) is 3.05. The highest BCUT2D eigenvalue weighted by Gasteiger charge is 2.21. The van der Waals surface area contributed by atoms with Gasteiger partial charge in [-0.3, -0.25) is 9.69 Å². The van der Waals surface area contributed by atoms with Crippen LogP contribution in [-0.2, 0) is 9.53 Å². The zero-order chi connectivity index (χ0) is 16.1. The maximum absolute atomic E-state index is 13.2. The molecule has 1 aromatic rings. The number of hydrogen-bond donors (Lipinski definition) is 1. The molecule has 1 atom stereocenters. The molecule has 7 heteroatoms. The van der Waals surface area contributed by atoms with Gasteiger partial charge in [0.2, 0.25) is 11.9 Å². The predicted octanol–water partition coefficient (Wildman–Crippen LogP) is 0.638. The van der Waals surface area contributed by atoms with Crippen LogP contribution in [0.25, 0.3) is 0 Å². The third-order valence-corrected chi connectivity index (χ3v) is 4.37. The highest BCUT2D eigenvalue weighted by Crippen LogP contribution is 2.16. The topological polar surface area (TPSA) is 57.7 Å². The summed E-state index contributed by atoms with van der Waals surface area (Å²) in [7, 11) is 0. The molecule has 23 heavy (non-hydrogen) atoms. The zero-order valence-corrected chi connectivity index (χ0v) is 13.2. The van der Waals surface area contributed by atoms with Crippen molar-refractivity contribution in [1.82, 2.24) is 15.2 Å². The summed E-state index contributed by atoms with van der Waals surface area (Å²) in [5, 5.41) is 2.95. The number of anilines is 1. The van der Waals surface area contributed by atoms with E-state index in [-0.39, 0.29) is 12.0 Å². The first-order valence-corrected chi connectivity index (χ1v) is 8.18. The smallest absolute Gasteiger partial charge is 0.234 e. The van der Waals surface area contributed by atoms with E-state index in [0.717, 1.165) is 51.3 Å². The normalized spacial score (nSPS) is 22.3. The van der Waals surface area contributed by atoms with Crippen LogP contribution in [0, 0.1) is 5.95 Å². The van der Waals surface area contributed by atoms with Gasteiger partial charge in [0.25, 0.3) is 0 Å². The fraction of sp³-hybridized carbons (Fsp3) is 0.625. The Labute approximate surface area is 135 Å². The Morgan fingerprint density at radius 2 is 2.22 bits per heavy atom. The molecule has 2 aliphatic heterocycles. The number of carbonyl (C=O) groups excluding carboxylic acids is 1. The average molecular weight is 322 g/mol. The number of piperazine rings is 1. The molecule has 0 saturated carbocycles. The van der Waals surface area contributed by atoms with Gasteiger partial charge in [-0.15, -0.1) is 0 Å². The molecule has 1 amide bonds. The van der Waals surface area contributed by atoms with E-state index in [2.05, 4.69) is 20.1 Å². The van der Waals surface area contributed by atoms with Crippen LogP contribution < -0.4 is 10.2 Å². The lowest BCUT2D eigenvalue weighted by atomic mass is 10.2. The monoisotopic (exact) mass is 322 g/mol. The van der Waals surface area contributed by atoms with Crippen molar-refractivity contribution in [3.8, 4) is 0 Å². The maximum atomic E-state index is 13.2. The minimum absolute atomic E-state index is 0.0453. The number of pyridine rings is 1. The van der Waals surface area contributed by atoms with Crippen LogP contribution in [0.5, 0.6) is 0 Å². The van der Waals surface area contributed by atoms with Gasteiger partial charge >= 0.3 is 0 Å². The van der Waals surface area contributed by atoms with Gasteiger partial charge in [-0.25, -0.2) is 4.98 Å². The van der Waals surface area contributed by atoms with Crippen molar-refractivity contribution >= 4 is 11.6 Å². The van der Waals surface area contributed by atoms with Gasteiger partial charge in [-0.1, -0.05) is 0 Å². The molecule has 126 valence electrons. The van der Waals surface area contributed by atoms with E-state index in [1.54, 1.807) is 0 Å². The van der Waals surface area contributed by atoms with Crippen molar-refractivity contribution in [3.63, 3.8) is 0 Å². The van der Waals surface area contributed by atoms with Crippen molar-refractivity contribution in [2.75, 3.05) is 50.8 Å². The van der Waals surface area contributed by atoms with Crippen molar-refractivity contribution in [2.45, 2.75) is 18.9 Å². The Hall–Kier alpha value is -1.73. The van der Waals surface area contributed by atoms with Crippen LogP contribution in [0.3, 0.4) is 0 Å². The van der Waals surface area contributed by atoms with Gasteiger partial charge in [-0.05, 0) is 18.9 Å². The Balaban J connectivity index is 1.39. The van der Waals surface area contributed by atoms with Crippen molar-refractivity contribution in [1.29, 1.82) is 0 Å². The molecule has 2 fully saturated rings. The number of halogens is 1. The minimum Gasteiger partial charge on any atom is -0.376 e. The number of nitrogens with zero attached hydrogens (tertiary/aromatic N) is 3. The Kier molecular flexibility index (Phi) is 5.40. The fourth-order valence-electron chi connectivity index (χ4n) is 3.05. The highest BCUT2D eigenvalue weighted by atomic mass is 19.1. The summed E-state index contributed by atoms with van der Waals surface area (Å²) in [5.41, 5.74) is 0.847. The van der Waals surface area contributed by atoms with Crippen LogP contribution in [-0.4, -0.2) is 67.8 Å². The molecule has 1 unspecified atom stereocenters. The third-order valence-electron chi connectivity index (χ3n) is 4.37. The molecular formula is C16H23FN4O2. The number of aromatic nitrogens is 1. The molecule has 2 saturated heterocycles. The number of ether oxygens (including phenoxy) is 1. The van der Waals surface area contributed by atoms with Crippen LogP contribution in [0.4, 0.5) is 10.1 Å². The second kappa shape index (κ2) is 7.70. The SMILES string of the molecule is O=C(CN1CCN(c2ccnc(F)c2)CC1)NCC1CCCO1. The molecule has 2 aliphatic rings. The van der Waals surface area contributed by atoms with E-state index in [0.29, 0.717) is 13.1 Å². The number of amides is 1. The van der Waals surface area contributed by atoms with Crippen LogP contribution >= 0.6 is 0 Å². The Bertz CT molecular complexity index is 529. The molecule has 0 spiro atoms. The summed E-state index contributed by atoms with van der Waals surface area (Å²) >= 11 is 0. The number of carbonyl (C=O) groups is 1. The van der Waals surface area contributed by atoms with Crippen molar-refractivity contribution in [2.24, 2.45) is 0 Å². The number of nitrogens with one attached hydrogen (secondary N) is 1. The first-order chi connectivity index (χ1) is 11.2. The molecule has 0 aliphatic carbocycles. The summed E-state index contributed by atoms with van der Waals surface area (Å²) in [6.07, 6.45) is 3.77. The summed E-state index contributed by atoms with van der Waals surface area (Å²) in [5.74, 6) is -0.414. The van der Waals surface area contributed by atoms with Gasteiger partial charge in [0.15, 0.2) is 0 Å². The van der Waals surface area contributed by atoms with Gasteiger partial charge in [0.05, 0.1) is 12.6 Å². The standard InChI is InChI=1S/C16H23FN4O2/c17-15-10-13(3-4-18-15)21-7-5-20(6-8-21)12-16(22)19-11-14-2-1-9-23-14/h3-4,10,14H,1-2,5-9,11-12H2,(H,19,22). The lowest BCUT2D eigenvalue weighted by Crippen LogP contribution is -2.50. The van der Waals surface area contributed by atoms with E-state index in [1.165, 1.54) is 12.3 Å². The first-order valence-electron chi connectivity index (χ1n) is 8.18. The first kappa shape index (κ1) is 16.1. The van der Waals surface area contributed by atoms with Gasteiger partial charge < -0.3 is 15.0 Å². The molecule has 3 heterocycles. The second-order valence-corrected chi connectivity index (χ2v) is 6.04. The van der Waals surface area contributed by atoms with E-state index >= 15 is 0 Å². The highest BCUT2D eigenvalue weighted by molar-refractivity contribution is 5.78. The maximum Gasteiger partial charge on any atom is 0.234 e. The van der Waals surface area contributed by atoms with Crippen LogP contribution in [0.1, 0.15) is 12.8 Å². The van der Waals surface area contributed by atoms with E-state index in [9.17, 15) is 9.18 Å². The lowest BCUT2D eigenvalue weighted by Gasteiger charge is -2.35. The molecule has 1 N–H and O–H groups in total. The van der Waals surface area contributed by atoms with Crippen LogP contribution in [0.15, 0.2) is 18.3 Å². The molecule has 0 bridgehead atoms. The van der Waals surface area contributed by atoms with Gasteiger partial charge in [-0.2, -0.15) is 4.39 Å². The predicted molar refractivity (Wildman–Crippen MR) is 84.8 cm³/mol. The number of rotatable bonds is 5. The molecule has 0 aromatic carbocycles. The zero-order valence-electron chi connectivity index (χ0n) is 13.2. The Morgan fingerprint density at radius 1 is 1.39 bits per heavy atom. The van der Waals surface area contributed by atoms with Crippen LogP contribution in [0.2, 0.25) is 0 Å². The Morgan fingerprint density at radius 3 is 2.91 bits per heavy atom. The minimum atomic E-state index is -0.460. The molecule has 6 nitrogen and oxygen atoms in total. The largest absolute Gasteiger partial charge is 0.376 e. The summed E-state index contributed by atoms with van der Waals surface area (Å²) in [6.45, 7) is 4.96. The molecular weight excluding hydrogens is 299 g/mol. The number of hydrogen-bond acceptors (Lipinski definition) is 5. The summed E-state index contributed by atoms with van der Waals surface area (Å²) in [4.78, 5) is 19.8. The summed E-state index contributed by atoms with van der Waals surface area (Å²) in [6, 6.07) is 3.26. The second-order valence-electron chi connectivity index (χ2n) is 6.04. The van der Waals surface area contributed by atoms with E-state index in [1.807, 2.05) is 6.07 Å². The molecule has 0 radical (unpaired) electrons. The molecule has 3 rings (SSSR count). The average Bonchev–Trinajstić information content (AvgIpc) is 3.07. The van der Waals surface area contributed by atoms with E-state index < -0.39 is 5.95 Å². The summed E-state index contributed by atoms with van der Waals surface area (Å²) < 4.78 is 18.7. The van der Waals surface area contributed by atoms with Gasteiger partial charge in [0, 0.05) is 57.3 Å². The van der Waals surface area contributed by atoms with Gasteiger partial charge in [0.1, 0.15) is 0 Å².